The van der Waals surface area contributed by atoms with Gasteiger partial charge in [-0.3, -0.25) is 9.69 Å². The monoisotopic (exact) mass is 175 g/mol. The fourth-order valence-electron chi connectivity index (χ4n) is 0.835. The number of rotatable bonds is 4. The van der Waals surface area contributed by atoms with Gasteiger partial charge in [-0.1, -0.05) is 0 Å². The highest BCUT2D eigenvalue weighted by molar-refractivity contribution is 5.79. The molecule has 4 nitrogen and oxygen atoms in total. The molecule has 0 bridgehead atoms. The third kappa shape index (κ3) is 2.46. The molecule has 0 spiro atoms. The summed E-state index contributed by atoms with van der Waals surface area (Å²) in [6, 6.07) is 0. The first-order valence-electron chi connectivity index (χ1n) is 3.87. The molecular weight excluding hydrogens is 158 g/mol. The first kappa shape index (κ1) is 11.4. The van der Waals surface area contributed by atoms with E-state index in [1.165, 1.54) is 7.11 Å². The fraction of sp³-hybridized carbons (Fsp3) is 0.875. The molecule has 0 heterocycles. The van der Waals surface area contributed by atoms with Crippen molar-refractivity contribution in [3.63, 3.8) is 0 Å². The van der Waals surface area contributed by atoms with Gasteiger partial charge in [0.25, 0.3) is 0 Å². The molecule has 4 heteroatoms. The van der Waals surface area contributed by atoms with Crippen LogP contribution in [0.3, 0.4) is 0 Å². The average Bonchev–Trinajstić information content (AvgIpc) is 2.03. The van der Waals surface area contributed by atoms with E-state index < -0.39 is 5.54 Å². The second-order valence-electron chi connectivity index (χ2n) is 3.20. The highest BCUT2D eigenvalue weighted by Gasteiger charge is 2.32. The second kappa shape index (κ2) is 4.42. The number of ether oxygens (including phenoxy) is 1. The number of carbonyl (C=O) groups is 1. The van der Waals surface area contributed by atoms with Gasteiger partial charge < -0.3 is 9.84 Å². The summed E-state index contributed by atoms with van der Waals surface area (Å²) >= 11 is 0. The van der Waals surface area contributed by atoms with Crippen LogP contribution in [0.25, 0.3) is 0 Å². The third-order valence-electron chi connectivity index (χ3n) is 2.07. The molecule has 0 aromatic carbocycles. The van der Waals surface area contributed by atoms with Crippen LogP contribution >= 0.6 is 0 Å². The van der Waals surface area contributed by atoms with Crippen LogP contribution in [0.4, 0.5) is 0 Å². The lowest BCUT2D eigenvalue weighted by Crippen LogP contribution is -2.49. The summed E-state index contributed by atoms with van der Waals surface area (Å²) in [5.74, 6) is -0.293. The van der Waals surface area contributed by atoms with Crippen LogP contribution in [-0.2, 0) is 9.53 Å². The van der Waals surface area contributed by atoms with Crippen molar-refractivity contribution in [1.82, 2.24) is 4.90 Å². The Morgan fingerprint density at radius 3 is 2.42 bits per heavy atom. The number of methoxy groups -OCH3 is 1. The Balaban J connectivity index is 4.26. The van der Waals surface area contributed by atoms with E-state index in [4.69, 9.17) is 5.11 Å². The zero-order valence-electron chi connectivity index (χ0n) is 8.13. The van der Waals surface area contributed by atoms with E-state index in [0.717, 1.165) is 0 Å². The molecule has 0 aromatic rings. The molecular formula is C8H17NO3. The van der Waals surface area contributed by atoms with E-state index >= 15 is 0 Å². The third-order valence-corrected chi connectivity index (χ3v) is 2.07. The normalized spacial score (nSPS) is 11.8. The summed E-state index contributed by atoms with van der Waals surface area (Å²) in [5, 5.41) is 8.66. The maximum Gasteiger partial charge on any atom is 0.325 e. The Labute approximate surface area is 73.1 Å². The Morgan fingerprint density at radius 1 is 1.58 bits per heavy atom. The van der Waals surface area contributed by atoms with Gasteiger partial charge >= 0.3 is 5.97 Å². The van der Waals surface area contributed by atoms with E-state index in [1.54, 1.807) is 25.8 Å². The fourth-order valence-corrected chi connectivity index (χ4v) is 0.835. The predicted molar refractivity (Wildman–Crippen MR) is 45.8 cm³/mol. The number of hydrogen-bond acceptors (Lipinski definition) is 4. The van der Waals surface area contributed by atoms with Crippen LogP contribution < -0.4 is 0 Å². The SMILES string of the molecule is COC(=O)C(C)(C)N(C)CCO. The highest BCUT2D eigenvalue weighted by Crippen LogP contribution is 2.12. The number of nitrogens with zero attached hydrogens (tertiary/aromatic N) is 1. The standard InChI is InChI=1S/C8H17NO3/c1-8(2,7(11)12-4)9(3)5-6-10/h10H,5-6H2,1-4H3. The number of likely N-dealkylation sites (N-methyl/N-ethyl adjacent to an activating group) is 1. The largest absolute Gasteiger partial charge is 0.468 e. The topological polar surface area (TPSA) is 49.8 Å². The number of aliphatic hydroxyl groups is 1. The van der Waals surface area contributed by atoms with Crippen molar-refractivity contribution < 1.29 is 14.6 Å². The van der Waals surface area contributed by atoms with Gasteiger partial charge in [-0.2, -0.15) is 0 Å². The average molecular weight is 175 g/mol. The molecule has 0 rings (SSSR count). The summed E-state index contributed by atoms with van der Waals surface area (Å²) < 4.78 is 4.62. The number of aliphatic hydroxyl groups excluding tert-OH is 1. The van der Waals surface area contributed by atoms with Crippen molar-refractivity contribution in [2.75, 3.05) is 27.3 Å². The molecule has 0 saturated heterocycles. The summed E-state index contributed by atoms with van der Waals surface area (Å²) in [4.78, 5) is 13.0. The minimum Gasteiger partial charge on any atom is -0.468 e. The van der Waals surface area contributed by atoms with Gasteiger partial charge in [0.15, 0.2) is 0 Å². The van der Waals surface area contributed by atoms with E-state index in [0.29, 0.717) is 6.54 Å². The van der Waals surface area contributed by atoms with Crippen molar-refractivity contribution in [3.8, 4) is 0 Å². The first-order chi connectivity index (χ1) is 5.46. The predicted octanol–water partition coefficient (Wildman–Crippen LogP) is -0.138. The Kier molecular flexibility index (Phi) is 4.20. The quantitative estimate of drug-likeness (QED) is 0.604. The molecule has 0 aliphatic rings. The zero-order chi connectivity index (χ0) is 9.78. The Bertz CT molecular complexity index is 156. The van der Waals surface area contributed by atoms with Crippen molar-refractivity contribution in [2.45, 2.75) is 19.4 Å². The van der Waals surface area contributed by atoms with Crippen LogP contribution in [0.2, 0.25) is 0 Å². The molecule has 0 fully saturated rings. The maximum atomic E-state index is 11.2. The zero-order valence-corrected chi connectivity index (χ0v) is 8.13. The van der Waals surface area contributed by atoms with Gasteiger partial charge in [-0.25, -0.2) is 0 Å². The van der Waals surface area contributed by atoms with Crippen LogP contribution in [0.1, 0.15) is 13.8 Å². The van der Waals surface area contributed by atoms with Crippen LogP contribution in [0.15, 0.2) is 0 Å². The molecule has 0 saturated carbocycles. The molecule has 0 unspecified atom stereocenters. The molecule has 0 amide bonds. The summed E-state index contributed by atoms with van der Waals surface area (Å²) in [6.07, 6.45) is 0. The van der Waals surface area contributed by atoms with Crippen LogP contribution in [0, 0.1) is 0 Å². The maximum absolute atomic E-state index is 11.2. The highest BCUT2D eigenvalue weighted by atomic mass is 16.5. The van der Waals surface area contributed by atoms with E-state index in [9.17, 15) is 4.79 Å². The number of carbonyl (C=O) groups excluding carboxylic acids is 1. The van der Waals surface area contributed by atoms with Gasteiger partial charge in [-0.05, 0) is 20.9 Å². The number of hydrogen-bond donors (Lipinski definition) is 1. The summed E-state index contributed by atoms with van der Waals surface area (Å²) in [7, 11) is 3.13. The van der Waals surface area contributed by atoms with Crippen molar-refractivity contribution >= 4 is 5.97 Å². The lowest BCUT2D eigenvalue weighted by atomic mass is 10.0. The first-order valence-corrected chi connectivity index (χ1v) is 3.87. The molecule has 0 atom stereocenters. The van der Waals surface area contributed by atoms with E-state index in [-0.39, 0.29) is 12.6 Å². The van der Waals surface area contributed by atoms with Gasteiger partial charge in [0.05, 0.1) is 13.7 Å². The molecule has 0 aliphatic carbocycles. The van der Waals surface area contributed by atoms with Gasteiger partial charge in [-0.15, -0.1) is 0 Å². The summed E-state index contributed by atoms with van der Waals surface area (Å²) in [5.41, 5.74) is -0.669. The molecule has 0 aromatic heterocycles. The van der Waals surface area contributed by atoms with E-state index in [1.807, 2.05) is 0 Å². The lowest BCUT2D eigenvalue weighted by Gasteiger charge is -2.31. The minimum absolute atomic E-state index is 0.0386. The smallest absolute Gasteiger partial charge is 0.325 e. The minimum atomic E-state index is -0.669. The van der Waals surface area contributed by atoms with Gasteiger partial charge in [0, 0.05) is 6.54 Å². The molecule has 72 valence electrons. The molecule has 12 heavy (non-hydrogen) atoms. The Hall–Kier alpha value is -0.610. The second-order valence-corrected chi connectivity index (χ2v) is 3.20. The Morgan fingerprint density at radius 2 is 2.08 bits per heavy atom. The molecule has 0 radical (unpaired) electrons. The van der Waals surface area contributed by atoms with E-state index in [2.05, 4.69) is 4.74 Å². The lowest BCUT2D eigenvalue weighted by molar-refractivity contribution is -0.152. The van der Waals surface area contributed by atoms with Gasteiger partial charge in [0.2, 0.25) is 0 Å². The van der Waals surface area contributed by atoms with Crippen LogP contribution in [-0.4, -0.2) is 48.8 Å². The molecule has 1 N–H and O–H groups in total. The number of esters is 1. The van der Waals surface area contributed by atoms with Crippen molar-refractivity contribution in [2.24, 2.45) is 0 Å². The van der Waals surface area contributed by atoms with Gasteiger partial charge in [0.1, 0.15) is 5.54 Å². The van der Waals surface area contributed by atoms with Crippen LogP contribution in [0.5, 0.6) is 0 Å². The van der Waals surface area contributed by atoms with Crippen molar-refractivity contribution in [3.05, 3.63) is 0 Å². The van der Waals surface area contributed by atoms with Crippen molar-refractivity contribution in [1.29, 1.82) is 0 Å². The summed E-state index contributed by atoms with van der Waals surface area (Å²) in [6.45, 7) is 4.02. The number of β-amino-alcohol motifs (C(OH)–C–C–N with tert-alkyl or cyclic N) is 1. The molecule has 0 aliphatic heterocycles.